The van der Waals surface area contributed by atoms with E-state index >= 15 is 0 Å². The SMILES string of the molecule is CSc1ccc(CN(C(=O)C(C)N)C2CC2)cc1. The Hall–Kier alpha value is -1.00. The van der Waals surface area contributed by atoms with Crippen LogP contribution in [0.3, 0.4) is 0 Å². The summed E-state index contributed by atoms with van der Waals surface area (Å²) < 4.78 is 0. The molecule has 1 fully saturated rings. The van der Waals surface area contributed by atoms with Gasteiger partial charge in [0.1, 0.15) is 0 Å². The molecule has 1 atom stereocenters. The van der Waals surface area contributed by atoms with Crippen molar-refractivity contribution in [2.75, 3.05) is 6.26 Å². The maximum absolute atomic E-state index is 12.0. The summed E-state index contributed by atoms with van der Waals surface area (Å²) in [5.74, 6) is 0.0615. The van der Waals surface area contributed by atoms with Gasteiger partial charge in [-0.2, -0.15) is 0 Å². The van der Waals surface area contributed by atoms with Gasteiger partial charge < -0.3 is 10.6 Å². The van der Waals surface area contributed by atoms with Gasteiger partial charge in [0.05, 0.1) is 6.04 Å². The van der Waals surface area contributed by atoms with Gasteiger partial charge in [-0.1, -0.05) is 12.1 Å². The number of rotatable bonds is 5. The molecule has 4 heteroatoms. The van der Waals surface area contributed by atoms with Crippen LogP contribution in [0.1, 0.15) is 25.3 Å². The zero-order chi connectivity index (χ0) is 13.1. The van der Waals surface area contributed by atoms with E-state index in [1.165, 1.54) is 10.5 Å². The number of amides is 1. The summed E-state index contributed by atoms with van der Waals surface area (Å²) in [6.07, 6.45) is 4.29. The van der Waals surface area contributed by atoms with Gasteiger partial charge in [-0.25, -0.2) is 0 Å². The first-order chi connectivity index (χ1) is 8.61. The molecule has 3 nitrogen and oxygen atoms in total. The van der Waals surface area contributed by atoms with E-state index in [2.05, 4.69) is 30.5 Å². The van der Waals surface area contributed by atoms with Crippen LogP contribution >= 0.6 is 11.8 Å². The summed E-state index contributed by atoms with van der Waals surface area (Å²) >= 11 is 1.73. The second-order valence-corrected chi connectivity index (χ2v) is 5.71. The van der Waals surface area contributed by atoms with E-state index in [1.807, 2.05) is 4.90 Å². The first-order valence-corrected chi connectivity index (χ1v) is 7.53. The van der Waals surface area contributed by atoms with E-state index in [9.17, 15) is 4.79 Å². The number of carbonyl (C=O) groups is 1. The molecule has 1 aliphatic carbocycles. The van der Waals surface area contributed by atoms with Crippen molar-refractivity contribution in [1.82, 2.24) is 4.90 Å². The number of nitrogens with zero attached hydrogens (tertiary/aromatic N) is 1. The van der Waals surface area contributed by atoms with Crippen molar-refractivity contribution in [2.24, 2.45) is 5.73 Å². The first-order valence-electron chi connectivity index (χ1n) is 6.31. The molecule has 0 bridgehead atoms. The highest BCUT2D eigenvalue weighted by molar-refractivity contribution is 7.98. The molecular formula is C14H20N2OS. The van der Waals surface area contributed by atoms with Crippen LogP contribution < -0.4 is 5.73 Å². The third kappa shape index (κ3) is 3.27. The van der Waals surface area contributed by atoms with Crippen LogP contribution in [0, 0.1) is 0 Å². The third-order valence-electron chi connectivity index (χ3n) is 3.17. The van der Waals surface area contributed by atoms with E-state index in [0.717, 1.165) is 12.8 Å². The van der Waals surface area contributed by atoms with E-state index < -0.39 is 6.04 Å². The lowest BCUT2D eigenvalue weighted by atomic mass is 10.2. The molecule has 1 aromatic rings. The largest absolute Gasteiger partial charge is 0.334 e. The predicted octanol–water partition coefficient (Wildman–Crippen LogP) is 2.25. The molecular weight excluding hydrogens is 244 g/mol. The fraction of sp³-hybridized carbons (Fsp3) is 0.500. The van der Waals surface area contributed by atoms with Crippen LogP contribution in [0.2, 0.25) is 0 Å². The number of nitrogens with two attached hydrogens (primary N) is 1. The van der Waals surface area contributed by atoms with Gasteiger partial charge in [0.25, 0.3) is 0 Å². The minimum Gasteiger partial charge on any atom is -0.334 e. The lowest BCUT2D eigenvalue weighted by Gasteiger charge is -2.24. The average Bonchev–Trinajstić information content (AvgIpc) is 3.20. The molecule has 0 spiro atoms. The summed E-state index contributed by atoms with van der Waals surface area (Å²) in [6.45, 7) is 2.44. The Balaban J connectivity index is 2.06. The van der Waals surface area contributed by atoms with Gasteiger partial charge in [-0.05, 0) is 43.7 Å². The quantitative estimate of drug-likeness (QED) is 0.830. The monoisotopic (exact) mass is 264 g/mol. The Morgan fingerprint density at radius 3 is 2.50 bits per heavy atom. The highest BCUT2D eigenvalue weighted by atomic mass is 32.2. The molecule has 1 aromatic carbocycles. The second kappa shape index (κ2) is 5.76. The molecule has 98 valence electrons. The van der Waals surface area contributed by atoms with Crippen molar-refractivity contribution in [1.29, 1.82) is 0 Å². The van der Waals surface area contributed by atoms with E-state index in [0.29, 0.717) is 12.6 Å². The molecule has 1 amide bonds. The number of hydrogen-bond acceptors (Lipinski definition) is 3. The van der Waals surface area contributed by atoms with Gasteiger partial charge in [0, 0.05) is 17.5 Å². The highest BCUT2D eigenvalue weighted by Crippen LogP contribution is 2.29. The van der Waals surface area contributed by atoms with Gasteiger partial charge in [-0.15, -0.1) is 11.8 Å². The minimum atomic E-state index is -0.406. The summed E-state index contributed by atoms with van der Waals surface area (Å²) in [5, 5.41) is 0. The van der Waals surface area contributed by atoms with Gasteiger partial charge in [-0.3, -0.25) is 4.79 Å². The molecule has 0 aliphatic heterocycles. The minimum absolute atomic E-state index is 0.0615. The molecule has 18 heavy (non-hydrogen) atoms. The van der Waals surface area contributed by atoms with Crippen molar-refractivity contribution >= 4 is 17.7 Å². The zero-order valence-electron chi connectivity index (χ0n) is 10.9. The lowest BCUT2D eigenvalue weighted by Crippen LogP contribution is -2.42. The summed E-state index contributed by atoms with van der Waals surface area (Å²) in [7, 11) is 0. The third-order valence-corrected chi connectivity index (χ3v) is 3.92. The molecule has 0 radical (unpaired) electrons. The molecule has 1 aliphatic rings. The summed E-state index contributed by atoms with van der Waals surface area (Å²) in [5.41, 5.74) is 6.88. The Kier molecular flexibility index (Phi) is 4.30. The van der Waals surface area contributed by atoms with Crippen molar-refractivity contribution in [3.05, 3.63) is 29.8 Å². The number of carbonyl (C=O) groups excluding carboxylic acids is 1. The number of thioether (sulfide) groups is 1. The van der Waals surface area contributed by atoms with Gasteiger partial charge >= 0.3 is 0 Å². The van der Waals surface area contributed by atoms with Crippen LogP contribution in [-0.2, 0) is 11.3 Å². The Morgan fingerprint density at radius 2 is 2.06 bits per heavy atom. The maximum Gasteiger partial charge on any atom is 0.239 e. The van der Waals surface area contributed by atoms with Crippen molar-refractivity contribution in [3.8, 4) is 0 Å². The Morgan fingerprint density at radius 1 is 1.44 bits per heavy atom. The maximum atomic E-state index is 12.0. The smallest absolute Gasteiger partial charge is 0.239 e. The predicted molar refractivity (Wildman–Crippen MR) is 75.4 cm³/mol. The second-order valence-electron chi connectivity index (χ2n) is 4.83. The average molecular weight is 264 g/mol. The normalized spacial score (nSPS) is 16.4. The molecule has 0 aromatic heterocycles. The van der Waals surface area contributed by atoms with Gasteiger partial charge in [0.15, 0.2) is 0 Å². The van der Waals surface area contributed by atoms with Crippen molar-refractivity contribution in [2.45, 2.75) is 43.3 Å². The molecule has 1 unspecified atom stereocenters. The molecule has 2 rings (SSSR count). The Bertz CT molecular complexity index is 412. The number of hydrogen-bond donors (Lipinski definition) is 1. The number of benzene rings is 1. The highest BCUT2D eigenvalue weighted by Gasteiger charge is 2.33. The standard InChI is InChI=1S/C14H20N2OS/c1-10(15)14(17)16(12-5-6-12)9-11-3-7-13(18-2)8-4-11/h3-4,7-8,10,12H,5-6,9,15H2,1-2H3. The van der Waals surface area contributed by atoms with E-state index in [-0.39, 0.29) is 5.91 Å². The first kappa shape index (κ1) is 13.4. The van der Waals surface area contributed by atoms with Crippen molar-refractivity contribution < 1.29 is 4.79 Å². The Labute approximate surface area is 113 Å². The van der Waals surface area contributed by atoms with Crippen LogP contribution in [0.15, 0.2) is 29.2 Å². The fourth-order valence-corrected chi connectivity index (χ4v) is 2.37. The fourth-order valence-electron chi connectivity index (χ4n) is 1.96. The topological polar surface area (TPSA) is 46.3 Å². The van der Waals surface area contributed by atoms with Gasteiger partial charge in [0.2, 0.25) is 5.91 Å². The van der Waals surface area contributed by atoms with E-state index in [4.69, 9.17) is 5.73 Å². The van der Waals surface area contributed by atoms with Crippen LogP contribution in [0.4, 0.5) is 0 Å². The zero-order valence-corrected chi connectivity index (χ0v) is 11.7. The van der Waals surface area contributed by atoms with Crippen molar-refractivity contribution in [3.63, 3.8) is 0 Å². The molecule has 0 saturated heterocycles. The molecule has 0 heterocycles. The summed E-state index contributed by atoms with van der Waals surface area (Å²) in [4.78, 5) is 15.2. The van der Waals surface area contributed by atoms with Crippen LogP contribution in [0.5, 0.6) is 0 Å². The summed E-state index contributed by atoms with van der Waals surface area (Å²) in [6, 6.07) is 8.38. The van der Waals surface area contributed by atoms with Crippen LogP contribution in [-0.4, -0.2) is 29.1 Å². The van der Waals surface area contributed by atoms with E-state index in [1.54, 1.807) is 18.7 Å². The molecule has 1 saturated carbocycles. The van der Waals surface area contributed by atoms with Crippen LogP contribution in [0.25, 0.3) is 0 Å². The lowest BCUT2D eigenvalue weighted by molar-refractivity contribution is -0.133. The molecule has 2 N–H and O–H groups in total.